The Morgan fingerprint density at radius 1 is 0.853 bits per heavy atom. The molecular weight excluding hydrogens is 513 g/mol. The molecule has 0 bridgehead atoms. The summed E-state index contributed by atoms with van der Waals surface area (Å²) in [6.45, 7) is 13.9. The van der Waals surface area contributed by atoms with Gasteiger partial charge in [0.15, 0.2) is 10.1 Å². The first-order chi connectivity index (χ1) is 14.2. The molecular formula is C16H14F9N5O3S-2. The average molecular weight is 527 g/mol. The van der Waals surface area contributed by atoms with E-state index in [4.69, 9.17) is 29.1 Å². The predicted octanol–water partition coefficient (Wildman–Crippen LogP) is 4.34. The van der Waals surface area contributed by atoms with E-state index >= 15 is 0 Å². The third-order valence-electron chi connectivity index (χ3n) is 4.11. The highest BCUT2D eigenvalue weighted by atomic mass is 32.2. The molecule has 1 aliphatic rings. The van der Waals surface area contributed by atoms with Gasteiger partial charge in [-0.05, 0) is 0 Å². The van der Waals surface area contributed by atoms with Gasteiger partial charge in [-0.1, -0.05) is 14.9 Å². The zero-order valence-electron chi connectivity index (χ0n) is 14.7. The molecule has 0 aromatic carbocycles. The van der Waals surface area contributed by atoms with Gasteiger partial charge in [0.05, 0.1) is 24.0 Å². The highest BCUT2D eigenvalue weighted by Gasteiger charge is 2.83. The molecule has 0 radical (unpaired) electrons. The van der Waals surface area contributed by atoms with Crippen LogP contribution in [0.15, 0.2) is 0 Å². The lowest BCUT2D eigenvalue weighted by atomic mass is 9.91. The van der Waals surface area contributed by atoms with Crippen molar-refractivity contribution in [1.82, 2.24) is 0 Å². The van der Waals surface area contributed by atoms with Crippen molar-refractivity contribution in [2.24, 2.45) is 17.8 Å². The fraction of sp³-hybridized carbons (Fsp3) is 0.688. The number of halogens is 9. The van der Waals surface area contributed by atoms with Gasteiger partial charge in [0.25, 0.3) is 0 Å². The minimum atomic E-state index is -7.43. The number of hydrogen-bond donors (Lipinski definition) is 0. The Labute approximate surface area is 188 Å². The zero-order valence-corrected chi connectivity index (χ0v) is 15.6. The predicted molar refractivity (Wildman–Crippen MR) is 96.0 cm³/mol. The molecule has 0 aliphatic heterocycles. The van der Waals surface area contributed by atoms with Crippen LogP contribution < -0.4 is 0 Å². The first kappa shape index (κ1) is 35.5. The number of hydrogen-bond acceptors (Lipinski definition) is 5. The molecule has 1 aliphatic carbocycles. The molecule has 18 heteroatoms. The second-order valence-corrected chi connectivity index (χ2v) is 7.31. The van der Waals surface area contributed by atoms with Gasteiger partial charge < -0.3 is 19.7 Å². The first-order valence-corrected chi connectivity index (χ1v) is 8.81. The van der Waals surface area contributed by atoms with Crippen LogP contribution in [0.5, 0.6) is 0 Å². The standard InChI is InChI=1S/C10H6N5.C4HF9O3S.2CH4/c1-14-9-7(4-12)6(3-11)8(5-13)10(9)15-2;5-1(6,3(9,10)11)2(7,8)4(12,13)17(14,15)16;;/h4,6-10H;(H,14,15,16);2*1H4/q-1;;;/p-1. The van der Waals surface area contributed by atoms with Crippen molar-refractivity contribution in [1.29, 1.82) is 10.5 Å². The highest BCUT2D eigenvalue weighted by molar-refractivity contribution is 7.86. The lowest BCUT2D eigenvalue weighted by Crippen LogP contribution is -2.63. The topological polar surface area (TPSA) is 136 Å². The molecule has 0 N–H and O–H groups in total. The molecule has 1 fully saturated rings. The Morgan fingerprint density at radius 3 is 1.47 bits per heavy atom. The lowest BCUT2D eigenvalue weighted by molar-refractivity contribution is -0.382. The lowest BCUT2D eigenvalue weighted by Gasteiger charge is -2.34. The van der Waals surface area contributed by atoms with Gasteiger partial charge in [-0.3, -0.25) is 0 Å². The van der Waals surface area contributed by atoms with E-state index in [1.54, 1.807) is 0 Å². The van der Waals surface area contributed by atoms with E-state index in [1.807, 2.05) is 12.1 Å². The van der Waals surface area contributed by atoms with Gasteiger partial charge in [0.1, 0.15) is 5.92 Å². The van der Waals surface area contributed by atoms with Crippen molar-refractivity contribution in [3.8, 4) is 12.1 Å². The molecule has 0 spiro atoms. The second-order valence-electron chi connectivity index (χ2n) is 5.89. The van der Waals surface area contributed by atoms with E-state index in [-0.39, 0.29) is 14.9 Å². The van der Waals surface area contributed by atoms with Crippen molar-refractivity contribution >= 4 is 16.3 Å². The van der Waals surface area contributed by atoms with E-state index < -0.39 is 63.2 Å². The molecule has 0 amide bonds. The van der Waals surface area contributed by atoms with E-state index in [0.29, 0.717) is 0 Å². The SMILES string of the molecule is C.C.O=S(=O)([O-])C(F)(F)C(F)(F)C(F)(F)C(F)(F)F.[C-]#[N+]C1C(C#N)C(C#N)C(C=[N-])C1[N+]#[C-]. The average Bonchev–Trinajstić information content (AvgIpc) is 2.97. The van der Waals surface area contributed by atoms with Crippen LogP contribution in [0.2, 0.25) is 0 Å². The Morgan fingerprint density at radius 2 is 1.24 bits per heavy atom. The first-order valence-electron chi connectivity index (χ1n) is 7.40. The molecule has 5 atom stereocenters. The summed E-state index contributed by atoms with van der Waals surface area (Å²) < 4.78 is 135. The van der Waals surface area contributed by atoms with Crippen LogP contribution in [0.3, 0.4) is 0 Å². The summed E-state index contributed by atoms with van der Waals surface area (Å²) in [4.78, 5) is 6.45. The third kappa shape index (κ3) is 5.69. The largest absolute Gasteiger partial charge is 0.814 e. The molecule has 34 heavy (non-hydrogen) atoms. The van der Waals surface area contributed by atoms with Crippen LogP contribution in [-0.4, -0.2) is 54.5 Å². The molecule has 8 nitrogen and oxygen atoms in total. The summed E-state index contributed by atoms with van der Waals surface area (Å²) >= 11 is 0. The van der Waals surface area contributed by atoms with Gasteiger partial charge in [0, 0.05) is 0 Å². The molecule has 192 valence electrons. The molecule has 0 aromatic rings. The van der Waals surface area contributed by atoms with Gasteiger partial charge in [-0.15, -0.1) is 0 Å². The Balaban J connectivity index is -0.000000537. The summed E-state index contributed by atoms with van der Waals surface area (Å²) in [5.74, 6) is -17.1. The summed E-state index contributed by atoms with van der Waals surface area (Å²) in [5, 5.41) is 19.6. The Kier molecular flexibility index (Phi) is 11.9. The fourth-order valence-corrected chi connectivity index (χ4v) is 2.89. The van der Waals surface area contributed by atoms with Gasteiger partial charge in [-0.25, -0.2) is 27.8 Å². The third-order valence-corrected chi connectivity index (χ3v) is 5.00. The number of nitrogens with zero attached hydrogens (tertiary/aromatic N) is 5. The van der Waals surface area contributed by atoms with Crippen molar-refractivity contribution in [3.63, 3.8) is 0 Å². The zero-order chi connectivity index (χ0) is 25.9. The second kappa shape index (κ2) is 11.4. The maximum absolute atomic E-state index is 12.2. The van der Waals surface area contributed by atoms with Crippen molar-refractivity contribution in [2.45, 2.75) is 50.2 Å². The van der Waals surface area contributed by atoms with E-state index in [2.05, 4.69) is 9.69 Å². The minimum absolute atomic E-state index is 0. The van der Waals surface area contributed by atoms with Gasteiger partial charge in [0.2, 0.25) is 0 Å². The molecule has 0 aromatic heterocycles. The van der Waals surface area contributed by atoms with Gasteiger partial charge >= 0.3 is 35.4 Å². The summed E-state index contributed by atoms with van der Waals surface area (Å²) in [6.07, 6.45) is -6.39. The maximum Gasteiger partial charge on any atom is 0.460 e. The summed E-state index contributed by atoms with van der Waals surface area (Å²) in [5.41, 5.74) is 0. The normalized spacial score (nSPS) is 24.8. The maximum atomic E-state index is 12.2. The van der Waals surface area contributed by atoms with E-state index in [1.165, 1.54) is 0 Å². The van der Waals surface area contributed by atoms with E-state index in [9.17, 15) is 52.5 Å². The number of alkyl halides is 9. The quantitative estimate of drug-likeness (QED) is 0.232. The smallest absolute Gasteiger partial charge is 0.460 e. The van der Waals surface area contributed by atoms with Crippen molar-refractivity contribution in [2.75, 3.05) is 0 Å². The number of nitriles is 2. The summed E-state index contributed by atoms with van der Waals surface area (Å²) in [6, 6.07) is 2.17. The summed E-state index contributed by atoms with van der Waals surface area (Å²) in [7, 11) is -7.42. The Hall–Kier alpha value is -3.09. The number of rotatable bonds is 4. The van der Waals surface area contributed by atoms with Crippen LogP contribution in [0.1, 0.15) is 14.9 Å². The van der Waals surface area contributed by atoms with E-state index in [0.717, 1.165) is 6.21 Å². The van der Waals surface area contributed by atoms with Crippen LogP contribution in [0, 0.1) is 53.6 Å². The molecule has 5 unspecified atom stereocenters. The minimum Gasteiger partial charge on any atom is -0.814 e. The van der Waals surface area contributed by atoms with Gasteiger partial charge in [-0.2, -0.15) is 50.0 Å². The van der Waals surface area contributed by atoms with Crippen LogP contribution in [0.4, 0.5) is 39.5 Å². The van der Waals surface area contributed by atoms with Crippen LogP contribution in [-0.2, 0) is 10.1 Å². The molecule has 1 rings (SSSR count). The monoisotopic (exact) mass is 527 g/mol. The fourth-order valence-electron chi connectivity index (χ4n) is 2.45. The highest BCUT2D eigenvalue weighted by Crippen LogP contribution is 2.54. The van der Waals surface area contributed by atoms with Crippen molar-refractivity contribution < 1.29 is 52.5 Å². The van der Waals surface area contributed by atoms with Crippen LogP contribution in [0.25, 0.3) is 15.1 Å². The molecule has 0 heterocycles. The molecule has 0 saturated heterocycles. The van der Waals surface area contributed by atoms with Crippen molar-refractivity contribution in [3.05, 3.63) is 28.2 Å². The van der Waals surface area contributed by atoms with Crippen LogP contribution >= 0.6 is 0 Å². The Bertz CT molecular complexity index is 966. The molecule has 1 saturated carbocycles.